The van der Waals surface area contributed by atoms with Crippen LogP contribution in [0.4, 0.5) is 0 Å². The van der Waals surface area contributed by atoms with Crippen LogP contribution in [0, 0.1) is 6.92 Å². The first-order valence-electron chi connectivity index (χ1n) is 5.52. The SMILES string of the molecule is Cc1ncccc1-c1cc(C(=O)O)cc(C(=O)O)c1. The summed E-state index contributed by atoms with van der Waals surface area (Å²) in [6, 6.07) is 7.52. The lowest BCUT2D eigenvalue weighted by Gasteiger charge is -2.07. The summed E-state index contributed by atoms with van der Waals surface area (Å²) in [5.41, 5.74) is 1.84. The molecular weight excluding hydrogens is 246 g/mol. The fraction of sp³-hybridized carbons (Fsp3) is 0.0714. The number of aromatic nitrogens is 1. The second-order valence-electron chi connectivity index (χ2n) is 4.05. The molecule has 5 heteroatoms. The number of carboxylic acids is 2. The third-order valence-electron chi connectivity index (χ3n) is 2.74. The van der Waals surface area contributed by atoms with Gasteiger partial charge in [-0.25, -0.2) is 9.59 Å². The normalized spacial score (nSPS) is 10.2. The minimum atomic E-state index is -1.16. The second-order valence-corrected chi connectivity index (χ2v) is 4.05. The van der Waals surface area contributed by atoms with Crippen LogP contribution in [0.25, 0.3) is 11.1 Å². The van der Waals surface area contributed by atoms with Crippen LogP contribution in [0.5, 0.6) is 0 Å². The summed E-state index contributed by atoms with van der Waals surface area (Å²) >= 11 is 0. The van der Waals surface area contributed by atoms with Gasteiger partial charge in [-0.1, -0.05) is 6.07 Å². The number of hydrogen-bond acceptors (Lipinski definition) is 3. The molecule has 2 rings (SSSR count). The maximum atomic E-state index is 11.0. The van der Waals surface area contributed by atoms with E-state index in [0.717, 1.165) is 6.07 Å². The van der Waals surface area contributed by atoms with E-state index in [1.165, 1.54) is 12.1 Å². The molecule has 1 heterocycles. The van der Waals surface area contributed by atoms with Gasteiger partial charge in [0.1, 0.15) is 0 Å². The molecule has 1 aromatic carbocycles. The molecule has 0 unspecified atom stereocenters. The van der Waals surface area contributed by atoms with Gasteiger partial charge in [-0.2, -0.15) is 0 Å². The lowest BCUT2D eigenvalue weighted by Crippen LogP contribution is -2.03. The highest BCUT2D eigenvalue weighted by molar-refractivity contribution is 5.96. The van der Waals surface area contributed by atoms with Crippen molar-refractivity contribution in [2.75, 3.05) is 0 Å². The first kappa shape index (κ1) is 12.8. The van der Waals surface area contributed by atoms with Gasteiger partial charge in [0.2, 0.25) is 0 Å². The quantitative estimate of drug-likeness (QED) is 0.881. The summed E-state index contributed by atoms with van der Waals surface area (Å²) in [4.78, 5) is 26.2. The van der Waals surface area contributed by atoms with Crippen molar-refractivity contribution in [1.29, 1.82) is 0 Å². The zero-order valence-corrected chi connectivity index (χ0v) is 10.1. The topological polar surface area (TPSA) is 87.5 Å². The molecule has 0 saturated heterocycles. The van der Waals surface area contributed by atoms with Crippen molar-refractivity contribution in [3.8, 4) is 11.1 Å². The third-order valence-corrected chi connectivity index (χ3v) is 2.74. The Morgan fingerprint density at radius 3 is 2.11 bits per heavy atom. The summed E-state index contributed by atoms with van der Waals surface area (Å²) < 4.78 is 0. The molecule has 0 aliphatic rings. The Morgan fingerprint density at radius 2 is 1.63 bits per heavy atom. The number of pyridine rings is 1. The Balaban J connectivity index is 2.67. The number of rotatable bonds is 3. The van der Waals surface area contributed by atoms with Gasteiger partial charge in [0.15, 0.2) is 0 Å². The Morgan fingerprint density at radius 1 is 1.05 bits per heavy atom. The first-order chi connectivity index (χ1) is 8.99. The van der Waals surface area contributed by atoms with E-state index in [1.807, 2.05) is 0 Å². The van der Waals surface area contributed by atoms with Gasteiger partial charge in [0.05, 0.1) is 11.1 Å². The van der Waals surface area contributed by atoms with Crippen LogP contribution in [-0.4, -0.2) is 27.1 Å². The maximum Gasteiger partial charge on any atom is 0.335 e. The molecule has 0 radical (unpaired) electrons. The van der Waals surface area contributed by atoms with Gasteiger partial charge in [-0.15, -0.1) is 0 Å². The molecule has 0 atom stereocenters. The molecule has 0 spiro atoms. The van der Waals surface area contributed by atoms with Crippen molar-refractivity contribution >= 4 is 11.9 Å². The highest BCUT2D eigenvalue weighted by Gasteiger charge is 2.13. The van der Waals surface area contributed by atoms with Crippen molar-refractivity contribution in [2.45, 2.75) is 6.92 Å². The van der Waals surface area contributed by atoms with Gasteiger partial charge >= 0.3 is 11.9 Å². The van der Waals surface area contributed by atoms with Crippen LogP contribution in [0.1, 0.15) is 26.4 Å². The number of aryl methyl sites for hydroxylation is 1. The fourth-order valence-corrected chi connectivity index (χ4v) is 1.82. The van der Waals surface area contributed by atoms with Crippen LogP contribution in [0.15, 0.2) is 36.5 Å². The van der Waals surface area contributed by atoms with Crippen molar-refractivity contribution < 1.29 is 19.8 Å². The van der Waals surface area contributed by atoms with E-state index in [2.05, 4.69) is 4.98 Å². The molecule has 0 bridgehead atoms. The Labute approximate surface area is 109 Å². The molecule has 0 aliphatic heterocycles. The summed E-state index contributed by atoms with van der Waals surface area (Å²) in [5, 5.41) is 18.0. The zero-order valence-electron chi connectivity index (χ0n) is 10.1. The Kier molecular flexibility index (Phi) is 3.29. The summed E-state index contributed by atoms with van der Waals surface area (Å²) in [7, 11) is 0. The van der Waals surface area contributed by atoms with Crippen molar-refractivity contribution in [2.24, 2.45) is 0 Å². The summed E-state index contributed by atoms with van der Waals surface area (Å²) in [6.45, 7) is 1.78. The number of benzene rings is 1. The smallest absolute Gasteiger partial charge is 0.335 e. The molecule has 0 saturated carbocycles. The minimum absolute atomic E-state index is 0.0573. The van der Waals surface area contributed by atoms with Crippen molar-refractivity contribution in [1.82, 2.24) is 4.98 Å². The van der Waals surface area contributed by atoms with Crippen LogP contribution in [0.3, 0.4) is 0 Å². The number of hydrogen-bond donors (Lipinski definition) is 2. The average Bonchev–Trinajstić information content (AvgIpc) is 2.38. The van der Waals surface area contributed by atoms with Crippen molar-refractivity contribution in [3.05, 3.63) is 53.3 Å². The van der Waals surface area contributed by atoms with E-state index in [9.17, 15) is 9.59 Å². The van der Waals surface area contributed by atoms with E-state index in [0.29, 0.717) is 16.8 Å². The lowest BCUT2D eigenvalue weighted by molar-refractivity contribution is 0.0696. The molecule has 5 nitrogen and oxygen atoms in total. The Hall–Kier alpha value is -2.69. The molecule has 0 amide bonds. The van der Waals surface area contributed by atoms with E-state index >= 15 is 0 Å². The van der Waals surface area contributed by atoms with E-state index in [-0.39, 0.29) is 11.1 Å². The van der Waals surface area contributed by atoms with Gasteiger partial charge in [-0.05, 0) is 36.8 Å². The number of carbonyl (C=O) groups is 2. The minimum Gasteiger partial charge on any atom is -0.478 e. The van der Waals surface area contributed by atoms with Crippen LogP contribution in [0.2, 0.25) is 0 Å². The molecule has 2 N–H and O–H groups in total. The lowest BCUT2D eigenvalue weighted by atomic mass is 9.99. The molecule has 1 aromatic heterocycles. The molecule has 2 aromatic rings. The standard InChI is InChI=1S/C14H11NO4/c1-8-12(3-2-4-15-8)9-5-10(13(16)17)7-11(6-9)14(18)19/h2-7H,1H3,(H,16,17)(H,18,19). The molecule has 19 heavy (non-hydrogen) atoms. The third kappa shape index (κ3) is 2.60. The van der Waals surface area contributed by atoms with Gasteiger partial charge in [-0.3, -0.25) is 4.98 Å². The number of nitrogens with zero attached hydrogens (tertiary/aromatic N) is 1. The second kappa shape index (κ2) is 4.89. The summed E-state index contributed by atoms with van der Waals surface area (Å²) in [6.07, 6.45) is 1.62. The highest BCUT2D eigenvalue weighted by atomic mass is 16.4. The van der Waals surface area contributed by atoms with Crippen LogP contribution >= 0.6 is 0 Å². The van der Waals surface area contributed by atoms with E-state index < -0.39 is 11.9 Å². The van der Waals surface area contributed by atoms with Gasteiger partial charge in [0, 0.05) is 17.5 Å². The number of aromatic carboxylic acids is 2. The maximum absolute atomic E-state index is 11.0. The van der Waals surface area contributed by atoms with E-state index in [4.69, 9.17) is 10.2 Å². The predicted octanol–water partition coefficient (Wildman–Crippen LogP) is 2.45. The van der Waals surface area contributed by atoms with Crippen LogP contribution in [-0.2, 0) is 0 Å². The average molecular weight is 257 g/mol. The predicted molar refractivity (Wildman–Crippen MR) is 68.3 cm³/mol. The molecule has 0 aliphatic carbocycles. The van der Waals surface area contributed by atoms with Gasteiger partial charge in [0.25, 0.3) is 0 Å². The molecular formula is C14H11NO4. The van der Waals surface area contributed by atoms with Crippen molar-refractivity contribution in [3.63, 3.8) is 0 Å². The zero-order chi connectivity index (χ0) is 14.0. The van der Waals surface area contributed by atoms with Gasteiger partial charge < -0.3 is 10.2 Å². The fourth-order valence-electron chi connectivity index (χ4n) is 1.82. The largest absolute Gasteiger partial charge is 0.478 e. The molecule has 96 valence electrons. The monoisotopic (exact) mass is 257 g/mol. The molecule has 0 fully saturated rings. The first-order valence-corrected chi connectivity index (χ1v) is 5.52. The van der Waals surface area contributed by atoms with Crippen LogP contribution < -0.4 is 0 Å². The highest BCUT2D eigenvalue weighted by Crippen LogP contribution is 2.24. The number of carboxylic acid groups (broad SMARTS) is 2. The van der Waals surface area contributed by atoms with E-state index in [1.54, 1.807) is 25.3 Å². The Bertz CT molecular complexity index is 632. The summed E-state index contributed by atoms with van der Waals surface area (Å²) in [5.74, 6) is -2.32.